The summed E-state index contributed by atoms with van der Waals surface area (Å²) < 4.78 is 18.6. The van der Waals surface area contributed by atoms with Crippen molar-refractivity contribution in [1.29, 1.82) is 0 Å². The molecule has 1 saturated heterocycles. The van der Waals surface area contributed by atoms with Crippen LogP contribution in [0, 0.1) is 5.82 Å². The zero-order valence-electron chi connectivity index (χ0n) is 13.8. The summed E-state index contributed by atoms with van der Waals surface area (Å²) in [7, 11) is 0. The maximum absolute atomic E-state index is 14.0. The van der Waals surface area contributed by atoms with Gasteiger partial charge in [0, 0.05) is 38.8 Å². The van der Waals surface area contributed by atoms with Crippen molar-refractivity contribution in [1.82, 2.24) is 15.0 Å². The Kier molecular flexibility index (Phi) is 5.32. The molecule has 1 aromatic heterocycles. The zero-order valence-corrected chi connectivity index (χ0v) is 13.8. The van der Waals surface area contributed by atoms with Crippen LogP contribution in [0.15, 0.2) is 35.1 Å². The fourth-order valence-corrected chi connectivity index (χ4v) is 2.67. The fraction of sp³-hybridized carbons (Fsp3) is 0.312. The normalized spacial score (nSPS) is 14.9. The molecule has 10 heteroatoms. The number of nitrogens with one attached hydrogen (secondary N) is 2. The Bertz CT molecular complexity index is 775. The van der Waals surface area contributed by atoms with Crippen LogP contribution >= 0.6 is 0 Å². The summed E-state index contributed by atoms with van der Waals surface area (Å²) in [5.74, 6) is -0.338. The maximum Gasteiger partial charge on any atom is 0.407 e. The minimum absolute atomic E-state index is 0.0488. The van der Waals surface area contributed by atoms with E-state index in [9.17, 15) is 14.0 Å². The van der Waals surface area contributed by atoms with Crippen LogP contribution < -0.4 is 10.6 Å². The standard InChI is InChI=1S/C16H18FN5O4/c17-12-2-1-11(10-21-4-6-22(7-5-21)16(24)25)9-13(12)18-15(23)19-14-3-8-26-20-14/h1-3,8-9H,4-7,10H2,(H,24,25)(H2,18,19,20,23). The Balaban J connectivity index is 1.59. The van der Waals surface area contributed by atoms with Gasteiger partial charge < -0.3 is 19.8 Å². The average Bonchev–Trinajstić information content (AvgIpc) is 3.11. The number of carboxylic acid groups (broad SMARTS) is 1. The van der Waals surface area contributed by atoms with Crippen LogP contribution in [0.5, 0.6) is 0 Å². The van der Waals surface area contributed by atoms with E-state index in [1.165, 1.54) is 23.3 Å². The van der Waals surface area contributed by atoms with Crippen LogP contribution in [-0.2, 0) is 6.54 Å². The monoisotopic (exact) mass is 363 g/mol. The first kappa shape index (κ1) is 17.7. The molecule has 3 amide bonds. The average molecular weight is 363 g/mol. The Morgan fingerprint density at radius 1 is 1.19 bits per heavy atom. The first-order chi connectivity index (χ1) is 12.5. The van der Waals surface area contributed by atoms with Crippen molar-refractivity contribution in [3.63, 3.8) is 0 Å². The van der Waals surface area contributed by atoms with E-state index in [2.05, 4.69) is 25.2 Å². The molecule has 3 rings (SSSR count). The topological polar surface area (TPSA) is 111 Å². The van der Waals surface area contributed by atoms with E-state index in [0.717, 1.165) is 5.56 Å². The number of nitrogens with zero attached hydrogens (tertiary/aromatic N) is 3. The van der Waals surface area contributed by atoms with E-state index < -0.39 is 17.9 Å². The summed E-state index contributed by atoms with van der Waals surface area (Å²) in [6.07, 6.45) is 0.386. The van der Waals surface area contributed by atoms with Gasteiger partial charge in [-0.2, -0.15) is 0 Å². The number of piperazine rings is 1. The van der Waals surface area contributed by atoms with Crippen molar-refractivity contribution >= 4 is 23.6 Å². The van der Waals surface area contributed by atoms with E-state index in [4.69, 9.17) is 5.11 Å². The first-order valence-corrected chi connectivity index (χ1v) is 7.98. The SMILES string of the molecule is O=C(Nc1ccon1)Nc1cc(CN2CCN(C(=O)O)CC2)ccc1F. The summed E-state index contributed by atoms with van der Waals surface area (Å²) in [4.78, 5) is 26.3. The third kappa shape index (κ3) is 4.48. The number of carbonyl (C=O) groups is 2. The third-order valence-electron chi connectivity index (χ3n) is 4.01. The van der Waals surface area contributed by atoms with Crippen LogP contribution in [0.25, 0.3) is 0 Å². The lowest BCUT2D eigenvalue weighted by Crippen LogP contribution is -2.47. The molecule has 2 heterocycles. The molecule has 0 unspecified atom stereocenters. The molecule has 9 nitrogen and oxygen atoms in total. The minimum atomic E-state index is -0.920. The number of amides is 3. The number of urea groups is 1. The van der Waals surface area contributed by atoms with Crippen molar-refractivity contribution < 1.29 is 23.6 Å². The Morgan fingerprint density at radius 3 is 2.62 bits per heavy atom. The number of rotatable bonds is 4. The van der Waals surface area contributed by atoms with Gasteiger partial charge >= 0.3 is 12.1 Å². The molecule has 138 valence electrons. The Hall–Kier alpha value is -3.14. The fourth-order valence-electron chi connectivity index (χ4n) is 2.67. The second-order valence-electron chi connectivity index (χ2n) is 5.82. The van der Waals surface area contributed by atoms with E-state index >= 15 is 0 Å². The van der Waals surface area contributed by atoms with Gasteiger partial charge in [0.25, 0.3) is 0 Å². The van der Waals surface area contributed by atoms with Crippen molar-refractivity contribution in [2.45, 2.75) is 6.54 Å². The maximum atomic E-state index is 14.0. The molecule has 0 saturated carbocycles. The highest BCUT2D eigenvalue weighted by Crippen LogP contribution is 2.18. The predicted octanol–water partition coefficient (Wildman–Crippen LogP) is 2.25. The molecule has 0 spiro atoms. The molecule has 0 atom stereocenters. The Morgan fingerprint density at radius 2 is 1.96 bits per heavy atom. The van der Waals surface area contributed by atoms with E-state index in [0.29, 0.717) is 32.7 Å². The molecule has 3 N–H and O–H groups in total. The number of hydrogen-bond acceptors (Lipinski definition) is 5. The van der Waals surface area contributed by atoms with E-state index in [1.807, 2.05) is 0 Å². The number of benzene rings is 1. The summed E-state index contributed by atoms with van der Waals surface area (Å²) in [6.45, 7) is 2.59. The second kappa shape index (κ2) is 7.83. The highest BCUT2D eigenvalue weighted by atomic mass is 19.1. The lowest BCUT2D eigenvalue weighted by Gasteiger charge is -2.33. The second-order valence-corrected chi connectivity index (χ2v) is 5.82. The molecular weight excluding hydrogens is 345 g/mol. The van der Waals surface area contributed by atoms with E-state index in [1.54, 1.807) is 12.1 Å². The quantitative estimate of drug-likeness (QED) is 0.768. The molecule has 1 aliphatic heterocycles. The Labute approximate surface area is 148 Å². The van der Waals surface area contributed by atoms with Gasteiger partial charge in [0.15, 0.2) is 5.82 Å². The van der Waals surface area contributed by atoms with Crippen molar-refractivity contribution in [2.24, 2.45) is 0 Å². The number of anilines is 2. The molecule has 0 radical (unpaired) electrons. The molecule has 0 aliphatic carbocycles. The predicted molar refractivity (Wildman–Crippen MR) is 90.4 cm³/mol. The number of hydrogen-bond donors (Lipinski definition) is 3. The molecule has 1 fully saturated rings. The number of aromatic nitrogens is 1. The molecular formula is C16H18FN5O4. The van der Waals surface area contributed by atoms with Crippen LogP contribution in [0.2, 0.25) is 0 Å². The van der Waals surface area contributed by atoms with Gasteiger partial charge in [-0.05, 0) is 17.7 Å². The number of carbonyl (C=O) groups excluding carboxylic acids is 1. The van der Waals surface area contributed by atoms with Gasteiger partial charge in [-0.25, -0.2) is 14.0 Å². The molecule has 0 bridgehead atoms. The van der Waals surface area contributed by atoms with Crippen LogP contribution in [0.4, 0.5) is 25.5 Å². The minimum Gasteiger partial charge on any atom is -0.465 e. The summed E-state index contributed by atoms with van der Waals surface area (Å²) in [5.41, 5.74) is 0.861. The molecule has 1 aliphatic rings. The van der Waals surface area contributed by atoms with Gasteiger partial charge in [-0.1, -0.05) is 11.2 Å². The molecule has 1 aromatic carbocycles. The highest BCUT2D eigenvalue weighted by Gasteiger charge is 2.20. The molecule has 26 heavy (non-hydrogen) atoms. The van der Waals surface area contributed by atoms with Crippen molar-refractivity contribution in [3.05, 3.63) is 41.9 Å². The van der Waals surface area contributed by atoms with Gasteiger partial charge in [0.1, 0.15) is 12.1 Å². The van der Waals surface area contributed by atoms with Crippen molar-refractivity contribution in [2.75, 3.05) is 36.8 Å². The van der Waals surface area contributed by atoms with Gasteiger partial charge in [0.2, 0.25) is 0 Å². The summed E-state index contributed by atoms with van der Waals surface area (Å²) >= 11 is 0. The lowest BCUT2D eigenvalue weighted by atomic mass is 10.1. The smallest absolute Gasteiger partial charge is 0.407 e. The van der Waals surface area contributed by atoms with Gasteiger partial charge in [-0.3, -0.25) is 10.2 Å². The van der Waals surface area contributed by atoms with Crippen LogP contribution in [-0.4, -0.2) is 58.4 Å². The van der Waals surface area contributed by atoms with Crippen LogP contribution in [0.1, 0.15) is 5.56 Å². The van der Waals surface area contributed by atoms with Crippen molar-refractivity contribution in [3.8, 4) is 0 Å². The summed E-state index contributed by atoms with van der Waals surface area (Å²) in [6, 6.07) is 5.31. The molecule has 2 aromatic rings. The number of halogens is 1. The van der Waals surface area contributed by atoms with Crippen LogP contribution in [0.3, 0.4) is 0 Å². The van der Waals surface area contributed by atoms with E-state index in [-0.39, 0.29) is 11.5 Å². The van der Waals surface area contributed by atoms with Gasteiger partial charge in [-0.15, -0.1) is 0 Å². The first-order valence-electron chi connectivity index (χ1n) is 7.98. The highest BCUT2D eigenvalue weighted by molar-refractivity contribution is 5.99. The largest absolute Gasteiger partial charge is 0.465 e. The lowest BCUT2D eigenvalue weighted by molar-refractivity contribution is 0.103. The zero-order chi connectivity index (χ0) is 18.5. The van der Waals surface area contributed by atoms with Gasteiger partial charge in [0.05, 0.1) is 5.69 Å². The summed E-state index contributed by atoms with van der Waals surface area (Å²) in [5, 5.41) is 17.4. The third-order valence-corrected chi connectivity index (χ3v) is 4.01.